The van der Waals surface area contributed by atoms with Gasteiger partial charge in [0.05, 0.1) is 23.5 Å². The highest BCUT2D eigenvalue weighted by Crippen LogP contribution is 2.39. The van der Waals surface area contributed by atoms with E-state index in [1.54, 1.807) is 18.3 Å². The van der Waals surface area contributed by atoms with E-state index in [2.05, 4.69) is 20.2 Å². The molecule has 6 nitrogen and oxygen atoms in total. The predicted octanol–water partition coefficient (Wildman–Crippen LogP) is 5.67. The van der Waals surface area contributed by atoms with Gasteiger partial charge in [-0.2, -0.15) is 0 Å². The van der Waals surface area contributed by atoms with Gasteiger partial charge in [0.25, 0.3) is 0 Å². The van der Waals surface area contributed by atoms with Crippen LogP contribution in [0.4, 0.5) is 10.1 Å². The molecule has 1 fully saturated rings. The normalized spacial score (nSPS) is 17.2. The van der Waals surface area contributed by atoms with E-state index in [1.807, 2.05) is 65.7 Å². The molecule has 5 rings (SSSR count). The molecule has 2 aromatic heterocycles. The van der Waals surface area contributed by atoms with Gasteiger partial charge in [-0.3, -0.25) is 9.78 Å². The van der Waals surface area contributed by atoms with Gasteiger partial charge in [-0.25, -0.2) is 4.39 Å². The number of anilines is 1. The number of carbonyl (C=O) groups excluding carboxylic acids is 1. The zero-order chi connectivity index (χ0) is 25.1. The third-order valence-corrected chi connectivity index (χ3v) is 6.68. The Labute approximate surface area is 218 Å². The molecule has 0 aliphatic carbocycles. The SMILES string of the molecule is O=C(CCN1C(=S)NC(c2ccccn2)C1c1cccn1-c1cccc(Cl)c1)Nc1ccccc1F. The third kappa shape index (κ3) is 4.96. The molecule has 1 amide bonds. The lowest BCUT2D eigenvalue weighted by Gasteiger charge is -2.29. The van der Waals surface area contributed by atoms with Crippen molar-refractivity contribution in [2.45, 2.75) is 18.5 Å². The molecule has 182 valence electrons. The van der Waals surface area contributed by atoms with Crippen LogP contribution in [0.25, 0.3) is 5.69 Å². The summed E-state index contributed by atoms with van der Waals surface area (Å²) < 4.78 is 16.1. The third-order valence-electron chi connectivity index (χ3n) is 6.10. The molecule has 3 heterocycles. The zero-order valence-corrected chi connectivity index (χ0v) is 20.7. The Kier molecular flexibility index (Phi) is 6.97. The van der Waals surface area contributed by atoms with Gasteiger partial charge in [0.1, 0.15) is 5.82 Å². The highest BCUT2D eigenvalue weighted by Gasteiger charge is 2.41. The number of halogens is 2. The van der Waals surface area contributed by atoms with Crippen molar-refractivity contribution < 1.29 is 9.18 Å². The Morgan fingerprint density at radius 1 is 1.08 bits per heavy atom. The molecule has 2 N–H and O–H groups in total. The fourth-order valence-corrected chi connectivity index (χ4v) is 4.98. The highest BCUT2D eigenvalue weighted by molar-refractivity contribution is 7.80. The molecule has 9 heteroatoms. The second-order valence-electron chi connectivity index (χ2n) is 8.38. The summed E-state index contributed by atoms with van der Waals surface area (Å²) in [7, 11) is 0. The van der Waals surface area contributed by atoms with E-state index in [1.165, 1.54) is 12.1 Å². The molecule has 0 saturated carbocycles. The monoisotopic (exact) mass is 519 g/mol. The molecule has 0 bridgehead atoms. The summed E-state index contributed by atoms with van der Waals surface area (Å²) in [5.74, 6) is -0.773. The lowest BCUT2D eigenvalue weighted by Crippen LogP contribution is -2.33. The van der Waals surface area contributed by atoms with Crippen molar-refractivity contribution in [2.75, 3.05) is 11.9 Å². The van der Waals surface area contributed by atoms with Crippen LogP contribution in [-0.4, -0.2) is 32.0 Å². The average molecular weight is 520 g/mol. The summed E-state index contributed by atoms with van der Waals surface area (Å²) in [6.45, 7) is 0.334. The van der Waals surface area contributed by atoms with E-state index in [4.69, 9.17) is 23.8 Å². The van der Waals surface area contributed by atoms with E-state index in [9.17, 15) is 9.18 Å². The van der Waals surface area contributed by atoms with Crippen molar-refractivity contribution >= 4 is 40.5 Å². The average Bonchev–Trinajstić information content (AvgIpc) is 3.49. The maximum atomic E-state index is 14.0. The van der Waals surface area contributed by atoms with Gasteiger partial charge in [0.2, 0.25) is 5.91 Å². The van der Waals surface area contributed by atoms with Crippen LogP contribution >= 0.6 is 23.8 Å². The van der Waals surface area contributed by atoms with Crippen LogP contribution in [0.15, 0.2) is 91.3 Å². The van der Waals surface area contributed by atoms with E-state index >= 15 is 0 Å². The number of nitrogens with zero attached hydrogens (tertiary/aromatic N) is 3. The lowest BCUT2D eigenvalue weighted by atomic mass is 10.0. The summed E-state index contributed by atoms with van der Waals surface area (Å²) in [6, 6.07) is 23.0. The first-order valence-corrected chi connectivity index (χ1v) is 12.3. The molecule has 1 aliphatic rings. The lowest BCUT2D eigenvalue weighted by molar-refractivity contribution is -0.116. The van der Waals surface area contributed by atoms with E-state index in [-0.39, 0.29) is 30.1 Å². The van der Waals surface area contributed by atoms with Crippen LogP contribution in [0.5, 0.6) is 0 Å². The molecule has 4 aromatic rings. The summed E-state index contributed by atoms with van der Waals surface area (Å²) in [5, 5.41) is 7.20. The molecule has 36 heavy (non-hydrogen) atoms. The number of aromatic nitrogens is 2. The smallest absolute Gasteiger partial charge is 0.226 e. The minimum absolute atomic E-state index is 0.124. The maximum absolute atomic E-state index is 14.0. The fourth-order valence-electron chi connectivity index (χ4n) is 4.46. The second kappa shape index (κ2) is 10.5. The number of hydrogen-bond donors (Lipinski definition) is 2. The topological polar surface area (TPSA) is 62.2 Å². The molecule has 0 radical (unpaired) electrons. The van der Waals surface area contributed by atoms with Crippen molar-refractivity contribution in [2.24, 2.45) is 0 Å². The van der Waals surface area contributed by atoms with Crippen LogP contribution < -0.4 is 10.6 Å². The summed E-state index contributed by atoms with van der Waals surface area (Å²) >= 11 is 12.0. The van der Waals surface area contributed by atoms with Crippen molar-refractivity contribution in [1.82, 2.24) is 19.8 Å². The van der Waals surface area contributed by atoms with Gasteiger partial charge >= 0.3 is 0 Å². The Morgan fingerprint density at radius 3 is 2.69 bits per heavy atom. The minimum atomic E-state index is -0.475. The first-order chi connectivity index (χ1) is 17.5. The number of carbonyl (C=O) groups is 1. The number of rotatable bonds is 7. The molecule has 2 atom stereocenters. The van der Waals surface area contributed by atoms with Gasteiger partial charge < -0.3 is 20.1 Å². The van der Waals surface area contributed by atoms with E-state index in [0.29, 0.717) is 16.7 Å². The van der Waals surface area contributed by atoms with Crippen LogP contribution in [0.1, 0.15) is 29.9 Å². The van der Waals surface area contributed by atoms with Crippen LogP contribution in [0, 0.1) is 5.82 Å². The number of para-hydroxylation sites is 1. The van der Waals surface area contributed by atoms with E-state index < -0.39 is 5.82 Å². The van der Waals surface area contributed by atoms with Crippen molar-refractivity contribution in [1.29, 1.82) is 0 Å². The zero-order valence-electron chi connectivity index (χ0n) is 19.1. The first-order valence-electron chi connectivity index (χ1n) is 11.5. The number of pyridine rings is 1. The molecule has 2 aromatic carbocycles. The molecular weight excluding hydrogens is 497 g/mol. The van der Waals surface area contributed by atoms with Gasteiger partial charge in [0, 0.05) is 41.8 Å². The van der Waals surface area contributed by atoms with Gasteiger partial charge in [0.15, 0.2) is 5.11 Å². The molecule has 1 saturated heterocycles. The quantitative estimate of drug-likeness (QED) is 0.308. The van der Waals surface area contributed by atoms with Crippen molar-refractivity contribution in [3.05, 3.63) is 113 Å². The maximum Gasteiger partial charge on any atom is 0.226 e. The number of amides is 1. The second-order valence-corrected chi connectivity index (χ2v) is 9.20. The first kappa shape index (κ1) is 24.0. The summed E-state index contributed by atoms with van der Waals surface area (Å²) in [6.07, 6.45) is 3.85. The largest absolute Gasteiger partial charge is 0.352 e. The fraction of sp³-hybridized carbons (Fsp3) is 0.148. The number of nitrogens with one attached hydrogen (secondary N) is 2. The van der Waals surface area contributed by atoms with Gasteiger partial charge in [-0.05, 0) is 66.8 Å². The molecule has 2 unspecified atom stereocenters. The standard InChI is InChI=1S/C27H23ClFN5OS/c28-18-7-5-8-19(17-18)33-15-6-12-23(33)26-25(22-11-3-4-14-30-22)32-27(36)34(26)16-13-24(35)31-21-10-2-1-9-20(21)29/h1-12,14-15,17,25-26H,13,16H2,(H,31,35)(H,32,36). The van der Waals surface area contributed by atoms with Gasteiger partial charge in [-0.1, -0.05) is 35.9 Å². The Bertz CT molecular complexity index is 1400. The molecular formula is C27H23ClFN5OS. The number of hydrogen-bond acceptors (Lipinski definition) is 3. The highest BCUT2D eigenvalue weighted by atomic mass is 35.5. The molecule has 0 spiro atoms. The minimum Gasteiger partial charge on any atom is -0.352 e. The summed E-state index contributed by atoms with van der Waals surface area (Å²) in [5.41, 5.74) is 2.87. The molecule has 1 aliphatic heterocycles. The van der Waals surface area contributed by atoms with E-state index in [0.717, 1.165) is 17.1 Å². The van der Waals surface area contributed by atoms with Crippen LogP contribution in [0.2, 0.25) is 5.02 Å². The van der Waals surface area contributed by atoms with Crippen LogP contribution in [0.3, 0.4) is 0 Å². The Hall–Kier alpha value is -3.75. The Balaban J connectivity index is 1.45. The predicted molar refractivity (Wildman–Crippen MR) is 143 cm³/mol. The summed E-state index contributed by atoms with van der Waals surface area (Å²) in [4.78, 5) is 19.3. The number of benzene rings is 2. The number of thiocarbonyl (C=S) groups is 1. The van der Waals surface area contributed by atoms with Crippen molar-refractivity contribution in [3.63, 3.8) is 0 Å². The van der Waals surface area contributed by atoms with Gasteiger partial charge in [-0.15, -0.1) is 0 Å². The van der Waals surface area contributed by atoms with Crippen LogP contribution in [-0.2, 0) is 4.79 Å². The van der Waals surface area contributed by atoms with Crippen molar-refractivity contribution in [3.8, 4) is 5.69 Å². The Morgan fingerprint density at radius 2 is 1.92 bits per heavy atom.